The average molecular weight is 275 g/mol. The highest BCUT2D eigenvalue weighted by atomic mass is 32.2. The number of hydrogen-bond donors (Lipinski definition) is 1. The third-order valence-electron chi connectivity index (χ3n) is 3.17. The zero-order valence-electron chi connectivity index (χ0n) is 12.0. The van der Waals surface area contributed by atoms with Crippen molar-refractivity contribution in [1.29, 1.82) is 0 Å². The van der Waals surface area contributed by atoms with Gasteiger partial charge in [-0.1, -0.05) is 32.0 Å². The van der Waals surface area contributed by atoms with E-state index in [1.165, 1.54) is 16.0 Å². The number of hydrogen-bond acceptors (Lipinski definition) is 3. The smallest absolute Gasteiger partial charge is 0.125 e. The van der Waals surface area contributed by atoms with Gasteiger partial charge < -0.3 is 5.73 Å². The van der Waals surface area contributed by atoms with Crippen LogP contribution in [0.1, 0.15) is 19.4 Å². The Bertz CT molecular complexity index is 573. The molecule has 0 saturated heterocycles. The van der Waals surface area contributed by atoms with Crippen LogP contribution in [0.2, 0.25) is 0 Å². The molecule has 0 spiro atoms. The fraction of sp³-hybridized carbons (Fsp3) is 0.400. The fourth-order valence-corrected chi connectivity index (χ4v) is 2.85. The highest BCUT2D eigenvalue weighted by molar-refractivity contribution is 7.98. The monoisotopic (exact) mass is 275 g/mol. The first-order valence-corrected chi connectivity index (χ1v) is 7.71. The van der Waals surface area contributed by atoms with Crippen LogP contribution in [0.25, 0.3) is 11.3 Å². The fourth-order valence-electron chi connectivity index (χ4n) is 2.25. The predicted octanol–water partition coefficient (Wildman–Crippen LogP) is 3.59. The van der Waals surface area contributed by atoms with E-state index < -0.39 is 0 Å². The summed E-state index contributed by atoms with van der Waals surface area (Å²) in [5.41, 5.74) is 9.55. The molecule has 0 unspecified atom stereocenters. The van der Waals surface area contributed by atoms with E-state index in [0.29, 0.717) is 5.92 Å². The molecule has 3 nitrogen and oxygen atoms in total. The van der Waals surface area contributed by atoms with Crippen molar-refractivity contribution in [3.05, 3.63) is 29.8 Å². The lowest BCUT2D eigenvalue weighted by Crippen LogP contribution is -2.02. The molecule has 0 aliphatic carbocycles. The van der Waals surface area contributed by atoms with E-state index >= 15 is 0 Å². The summed E-state index contributed by atoms with van der Waals surface area (Å²) in [5, 5.41) is 4.62. The number of anilines is 1. The van der Waals surface area contributed by atoms with Crippen molar-refractivity contribution in [3.63, 3.8) is 0 Å². The summed E-state index contributed by atoms with van der Waals surface area (Å²) in [4.78, 5) is 1.24. The highest BCUT2D eigenvalue weighted by Crippen LogP contribution is 2.34. The van der Waals surface area contributed by atoms with Crippen LogP contribution in [0.4, 0.5) is 5.82 Å². The van der Waals surface area contributed by atoms with Crippen molar-refractivity contribution in [2.45, 2.75) is 25.2 Å². The number of aromatic nitrogens is 2. The van der Waals surface area contributed by atoms with Crippen LogP contribution >= 0.6 is 11.8 Å². The molecule has 1 heterocycles. The lowest BCUT2D eigenvalue weighted by molar-refractivity contribution is 0.648. The zero-order valence-corrected chi connectivity index (χ0v) is 12.8. The molecule has 2 aromatic rings. The Morgan fingerprint density at radius 3 is 2.63 bits per heavy atom. The Morgan fingerprint density at radius 2 is 2.00 bits per heavy atom. The molecule has 1 aromatic heterocycles. The summed E-state index contributed by atoms with van der Waals surface area (Å²) in [7, 11) is 1.91. The van der Waals surface area contributed by atoms with Gasteiger partial charge in [0.15, 0.2) is 0 Å². The van der Waals surface area contributed by atoms with Crippen LogP contribution in [0.5, 0.6) is 0 Å². The van der Waals surface area contributed by atoms with E-state index in [0.717, 1.165) is 17.9 Å². The molecule has 19 heavy (non-hydrogen) atoms. The Hall–Kier alpha value is -1.42. The molecule has 2 N–H and O–H groups in total. The summed E-state index contributed by atoms with van der Waals surface area (Å²) in [6.07, 6.45) is 3.05. The number of benzene rings is 1. The first-order valence-electron chi connectivity index (χ1n) is 6.49. The molecule has 0 saturated carbocycles. The third kappa shape index (κ3) is 2.78. The minimum absolute atomic E-state index is 0.562. The molecule has 0 aliphatic heterocycles. The van der Waals surface area contributed by atoms with Crippen LogP contribution < -0.4 is 5.73 Å². The van der Waals surface area contributed by atoms with Crippen molar-refractivity contribution in [2.75, 3.05) is 12.0 Å². The SMILES string of the molecule is CSc1ccccc1-c1nn(C)c(N)c1CC(C)C. The molecule has 102 valence electrons. The second kappa shape index (κ2) is 5.70. The number of nitrogens with zero attached hydrogens (tertiary/aromatic N) is 2. The molecule has 0 bridgehead atoms. The van der Waals surface area contributed by atoms with Gasteiger partial charge in [0.05, 0.1) is 5.69 Å². The molecule has 0 fully saturated rings. The second-order valence-corrected chi connectivity index (χ2v) is 5.98. The summed E-state index contributed by atoms with van der Waals surface area (Å²) in [5.74, 6) is 1.34. The molecule has 0 aliphatic rings. The van der Waals surface area contributed by atoms with Gasteiger partial charge in [0.1, 0.15) is 5.82 Å². The minimum atomic E-state index is 0.562. The second-order valence-electron chi connectivity index (χ2n) is 5.13. The summed E-state index contributed by atoms with van der Waals surface area (Å²) in [6.45, 7) is 4.41. The molecule has 2 rings (SSSR count). The van der Waals surface area contributed by atoms with E-state index in [1.807, 2.05) is 7.05 Å². The topological polar surface area (TPSA) is 43.8 Å². The Balaban J connectivity index is 2.58. The van der Waals surface area contributed by atoms with Crippen molar-refractivity contribution in [1.82, 2.24) is 9.78 Å². The minimum Gasteiger partial charge on any atom is -0.384 e. The Morgan fingerprint density at radius 1 is 1.32 bits per heavy atom. The summed E-state index contributed by atoms with van der Waals surface area (Å²) in [6, 6.07) is 8.37. The molecule has 0 amide bonds. The van der Waals surface area contributed by atoms with Crippen molar-refractivity contribution in [2.24, 2.45) is 13.0 Å². The Labute approximate surface area is 119 Å². The van der Waals surface area contributed by atoms with Gasteiger partial charge >= 0.3 is 0 Å². The Kier molecular flexibility index (Phi) is 4.20. The number of nitrogens with two attached hydrogens (primary N) is 1. The van der Waals surface area contributed by atoms with Gasteiger partial charge in [0.25, 0.3) is 0 Å². The number of rotatable bonds is 4. The highest BCUT2D eigenvalue weighted by Gasteiger charge is 2.18. The van der Waals surface area contributed by atoms with Gasteiger partial charge in [-0.2, -0.15) is 5.10 Å². The van der Waals surface area contributed by atoms with Gasteiger partial charge in [0, 0.05) is 23.1 Å². The van der Waals surface area contributed by atoms with Gasteiger partial charge in [-0.3, -0.25) is 4.68 Å². The van der Waals surface area contributed by atoms with Crippen LogP contribution in [0, 0.1) is 5.92 Å². The number of aryl methyl sites for hydroxylation is 1. The molecular formula is C15H21N3S. The lowest BCUT2D eigenvalue weighted by atomic mass is 9.99. The van der Waals surface area contributed by atoms with Gasteiger partial charge in [-0.15, -0.1) is 11.8 Å². The maximum atomic E-state index is 6.17. The number of nitrogen functional groups attached to an aromatic ring is 1. The van der Waals surface area contributed by atoms with E-state index in [9.17, 15) is 0 Å². The van der Waals surface area contributed by atoms with E-state index in [-0.39, 0.29) is 0 Å². The van der Waals surface area contributed by atoms with E-state index in [2.05, 4.69) is 49.5 Å². The molecule has 0 radical (unpaired) electrons. The van der Waals surface area contributed by atoms with Gasteiger partial charge in [0.2, 0.25) is 0 Å². The summed E-state index contributed by atoms with van der Waals surface area (Å²) < 4.78 is 1.78. The van der Waals surface area contributed by atoms with Crippen LogP contribution in [-0.2, 0) is 13.5 Å². The normalized spacial score (nSPS) is 11.2. The molecule has 1 aromatic carbocycles. The first kappa shape index (κ1) is 14.0. The standard InChI is InChI=1S/C15H21N3S/c1-10(2)9-12-14(17-18(3)15(12)16)11-7-5-6-8-13(11)19-4/h5-8,10H,9,16H2,1-4H3. The van der Waals surface area contributed by atoms with Crippen LogP contribution in [0.15, 0.2) is 29.2 Å². The largest absolute Gasteiger partial charge is 0.384 e. The first-order chi connectivity index (χ1) is 9.04. The van der Waals surface area contributed by atoms with Crippen LogP contribution in [-0.4, -0.2) is 16.0 Å². The number of thioether (sulfide) groups is 1. The van der Waals surface area contributed by atoms with E-state index in [4.69, 9.17) is 5.73 Å². The van der Waals surface area contributed by atoms with Crippen molar-refractivity contribution < 1.29 is 0 Å². The third-order valence-corrected chi connectivity index (χ3v) is 3.96. The van der Waals surface area contributed by atoms with Gasteiger partial charge in [-0.25, -0.2) is 0 Å². The predicted molar refractivity (Wildman–Crippen MR) is 83.4 cm³/mol. The van der Waals surface area contributed by atoms with Gasteiger partial charge in [-0.05, 0) is 24.7 Å². The van der Waals surface area contributed by atoms with Crippen LogP contribution in [0.3, 0.4) is 0 Å². The van der Waals surface area contributed by atoms with Crippen molar-refractivity contribution >= 4 is 17.6 Å². The lowest BCUT2D eigenvalue weighted by Gasteiger charge is -2.09. The maximum Gasteiger partial charge on any atom is 0.125 e. The summed E-state index contributed by atoms with van der Waals surface area (Å²) >= 11 is 1.74. The quantitative estimate of drug-likeness (QED) is 0.867. The zero-order chi connectivity index (χ0) is 14.0. The average Bonchev–Trinajstić information content (AvgIpc) is 2.66. The molecular weight excluding hydrogens is 254 g/mol. The maximum absolute atomic E-state index is 6.17. The molecule has 0 atom stereocenters. The van der Waals surface area contributed by atoms with E-state index in [1.54, 1.807) is 16.4 Å². The molecule has 4 heteroatoms. The van der Waals surface area contributed by atoms with Crippen molar-refractivity contribution in [3.8, 4) is 11.3 Å².